The molecule has 1 aromatic heterocycles. The van der Waals surface area contributed by atoms with Gasteiger partial charge in [0.05, 0.1) is 15.8 Å². The van der Waals surface area contributed by atoms with Crippen LogP contribution in [0.25, 0.3) is 10.9 Å². The van der Waals surface area contributed by atoms with Crippen molar-refractivity contribution in [3.8, 4) is 0 Å². The summed E-state index contributed by atoms with van der Waals surface area (Å²) in [6.45, 7) is 3.73. The number of amides is 1. The van der Waals surface area contributed by atoms with E-state index in [2.05, 4.69) is 10.0 Å². The molecule has 0 saturated heterocycles. The van der Waals surface area contributed by atoms with Crippen molar-refractivity contribution in [1.82, 2.24) is 13.9 Å². The van der Waals surface area contributed by atoms with Crippen LogP contribution in [0, 0.1) is 13.8 Å². The largest absolute Gasteiger partial charge is 0.330 e. The van der Waals surface area contributed by atoms with Crippen molar-refractivity contribution in [3.63, 3.8) is 0 Å². The number of hydrogen-bond acceptors (Lipinski definition) is 5. The molecule has 2 aromatic carbocycles. The van der Waals surface area contributed by atoms with E-state index in [0.717, 1.165) is 15.7 Å². The Morgan fingerprint density at radius 2 is 1.71 bits per heavy atom. The molecule has 0 bridgehead atoms. The van der Waals surface area contributed by atoms with Gasteiger partial charge < -0.3 is 5.32 Å². The van der Waals surface area contributed by atoms with Gasteiger partial charge in [-0.05, 0) is 43.7 Å². The lowest BCUT2D eigenvalue weighted by Gasteiger charge is -2.11. The lowest BCUT2D eigenvalue weighted by molar-refractivity contribution is -0.116. The zero-order chi connectivity index (χ0) is 22.9. The Hall–Kier alpha value is -3.24. The van der Waals surface area contributed by atoms with Gasteiger partial charge in [-0.1, -0.05) is 17.7 Å². The normalized spacial score (nSPS) is 11.6. The molecule has 10 heteroatoms. The molecule has 31 heavy (non-hydrogen) atoms. The number of aromatic nitrogens is 2. The Kier molecular flexibility index (Phi) is 6.14. The topological polar surface area (TPSA) is 119 Å². The summed E-state index contributed by atoms with van der Waals surface area (Å²) in [7, 11) is -1.12. The molecule has 0 atom stereocenters. The third kappa shape index (κ3) is 4.59. The van der Waals surface area contributed by atoms with Crippen molar-refractivity contribution in [2.24, 2.45) is 14.1 Å². The lowest BCUT2D eigenvalue weighted by Crippen LogP contribution is -2.37. The van der Waals surface area contributed by atoms with Crippen molar-refractivity contribution in [1.29, 1.82) is 0 Å². The summed E-state index contributed by atoms with van der Waals surface area (Å²) in [4.78, 5) is 36.5. The van der Waals surface area contributed by atoms with Gasteiger partial charge in [0.15, 0.2) is 0 Å². The van der Waals surface area contributed by atoms with E-state index in [-0.39, 0.29) is 29.2 Å². The van der Waals surface area contributed by atoms with E-state index in [4.69, 9.17) is 0 Å². The van der Waals surface area contributed by atoms with Gasteiger partial charge in [0, 0.05) is 32.7 Å². The third-order valence-corrected chi connectivity index (χ3v) is 6.51. The van der Waals surface area contributed by atoms with Crippen molar-refractivity contribution < 1.29 is 13.2 Å². The molecule has 0 fully saturated rings. The first-order valence-corrected chi connectivity index (χ1v) is 11.1. The minimum Gasteiger partial charge on any atom is -0.326 e. The summed E-state index contributed by atoms with van der Waals surface area (Å²) in [5, 5.41) is 2.87. The first kappa shape index (κ1) is 22.4. The molecule has 1 heterocycles. The Morgan fingerprint density at radius 1 is 1.00 bits per heavy atom. The van der Waals surface area contributed by atoms with Crippen molar-refractivity contribution in [3.05, 3.63) is 68.4 Å². The van der Waals surface area contributed by atoms with Crippen molar-refractivity contribution in [2.45, 2.75) is 25.2 Å². The van der Waals surface area contributed by atoms with Gasteiger partial charge in [-0.2, -0.15) is 0 Å². The Bertz CT molecular complexity index is 1400. The van der Waals surface area contributed by atoms with Crippen LogP contribution in [0.5, 0.6) is 0 Å². The zero-order valence-corrected chi connectivity index (χ0v) is 18.5. The average Bonchev–Trinajstić information content (AvgIpc) is 2.72. The third-order valence-electron chi connectivity index (χ3n) is 5.05. The quantitative estimate of drug-likeness (QED) is 0.591. The van der Waals surface area contributed by atoms with Crippen LogP contribution in [0.4, 0.5) is 5.69 Å². The zero-order valence-electron chi connectivity index (χ0n) is 17.7. The van der Waals surface area contributed by atoms with Crippen LogP contribution in [0.1, 0.15) is 17.5 Å². The van der Waals surface area contributed by atoms with Gasteiger partial charge in [-0.3, -0.25) is 18.7 Å². The maximum Gasteiger partial charge on any atom is 0.330 e. The van der Waals surface area contributed by atoms with Crippen LogP contribution < -0.4 is 21.3 Å². The first-order valence-electron chi connectivity index (χ1n) is 9.58. The molecule has 0 aliphatic rings. The fourth-order valence-corrected chi connectivity index (χ4v) is 4.35. The van der Waals surface area contributed by atoms with Gasteiger partial charge >= 0.3 is 5.69 Å². The van der Waals surface area contributed by atoms with Crippen LogP contribution in [-0.4, -0.2) is 30.0 Å². The summed E-state index contributed by atoms with van der Waals surface area (Å²) >= 11 is 0. The second-order valence-electron chi connectivity index (χ2n) is 7.40. The Balaban J connectivity index is 1.73. The molecule has 9 nitrogen and oxygen atoms in total. The minimum atomic E-state index is -3.95. The molecule has 3 aromatic rings. The molecule has 1 amide bonds. The molecule has 0 saturated carbocycles. The van der Waals surface area contributed by atoms with E-state index in [1.807, 2.05) is 26.0 Å². The Morgan fingerprint density at radius 3 is 2.39 bits per heavy atom. The van der Waals surface area contributed by atoms with E-state index in [1.165, 1.54) is 36.9 Å². The summed E-state index contributed by atoms with van der Waals surface area (Å²) in [5.41, 5.74) is 1.92. The summed E-state index contributed by atoms with van der Waals surface area (Å²) < 4.78 is 29.8. The summed E-state index contributed by atoms with van der Waals surface area (Å²) in [5.74, 6) is -0.322. The standard InChI is InChI=1S/C21H24N4O5S/c1-13-5-7-17(14(2)11-13)23-19(26)9-10-22-31(29,30)15-6-8-18-16(12-15)20(27)25(4)21(28)24(18)3/h5-8,11-12,22H,9-10H2,1-4H3,(H,23,26). The molecule has 0 unspecified atom stereocenters. The highest BCUT2D eigenvalue weighted by atomic mass is 32.2. The van der Waals surface area contributed by atoms with Crippen molar-refractivity contribution in [2.75, 3.05) is 11.9 Å². The number of benzene rings is 2. The van der Waals surface area contributed by atoms with E-state index in [9.17, 15) is 22.8 Å². The number of nitrogens with one attached hydrogen (secondary N) is 2. The minimum absolute atomic E-state index is 0.0591. The highest BCUT2D eigenvalue weighted by Crippen LogP contribution is 2.17. The number of carbonyl (C=O) groups is 1. The maximum absolute atomic E-state index is 12.6. The van der Waals surface area contributed by atoms with E-state index >= 15 is 0 Å². The molecule has 0 spiro atoms. The van der Waals surface area contributed by atoms with Crippen LogP contribution in [0.15, 0.2) is 50.9 Å². The number of aryl methyl sites for hydroxylation is 3. The van der Waals surface area contributed by atoms with Gasteiger partial charge in [-0.15, -0.1) is 0 Å². The summed E-state index contributed by atoms with van der Waals surface area (Å²) in [6, 6.07) is 9.59. The molecule has 3 rings (SSSR count). The molecule has 0 radical (unpaired) electrons. The van der Waals surface area contributed by atoms with E-state index in [1.54, 1.807) is 6.07 Å². The summed E-state index contributed by atoms with van der Waals surface area (Å²) in [6.07, 6.45) is -0.0591. The van der Waals surface area contributed by atoms with Gasteiger partial charge in [0.1, 0.15) is 0 Å². The van der Waals surface area contributed by atoms with Gasteiger partial charge in [0.2, 0.25) is 15.9 Å². The fraction of sp³-hybridized carbons (Fsp3) is 0.286. The molecule has 2 N–H and O–H groups in total. The predicted octanol–water partition coefficient (Wildman–Crippen LogP) is 1.16. The second-order valence-corrected chi connectivity index (χ2v) is 9.17. The number of hydrogen-bond donors (Lipinski definition) is 2. The number of fused-ring (bicyclic) bond motifs is 1. The van der Waals surface area contributed by atoms with E-state index < -0.39 is 21.3 Å². The maximum atomic E-state index is 12.6. The van der Waals surface area contributed by atoms with Crippen LogP contribution in [-0.2, 0) is 28.9 Å². The molecular formula is C21H24N4O5S. The van der Waals surface area contributed by atoms with Crippen LogP contribution in [0.2, 0.25) is 0 Å². The van der Waals surface area contributed by atoms with Crippen LogP contribution in [0.3, 0.4) is 0 Å². The number of rotatable bonds is 6. The number of nitrogens with zero attached hydrogens (tertiary/aromatic N) is 2. The average molecular weight is 445 g/mol. The van der Waals surface area contributed by atoms with Gasteiger partial charge in [0.25, 0.3) is 5.56 Å². The number of carbonyl (C=O) groups excluding carboxylic acids is 1. The monoisotopic (exact) mass is 444 g/mol. The smallest absolute Gasteiger partial charge is 0.326 e. The Labute approximate surface area is 179 Å². The molecule has 0 aliphatic carbocycles. The molecule has 164 valence electrons. The first-order chi connectivity index (χ1) is 14.5. The molecular weight excluding hydrogens is 420 g/mol. The van der Waals surface area contributed by atoms with E-state index in [0.29, 0.717) is 11.2 Å². The van der Waals surface area contributed by atoms with Gasteiger partial charge in [-0.25, -0.2) is 17.9 Å². The predicted molar refractivity (Wildman–Crippen MR) is 119 cm³/mol. The van der Waals surface area contributed by atoms with Crippen LogP contribution >= 0.6 is 0 Å². The highest BCUT2D eigenvalue weighted by molar-refractivity contribution is 7.89. The SMILES string of the molecule is Cc1ccc(NC(=O)CCNS(=O)(=O)c2ccc3c(c2)c(=O)n(C)c(=O)n3C)c(C)c1. The van der Waals surface area contributed by atoms with Crippen molar-refractivity contribution >= 4 is 32.5 Å². The molecule has 0 aliphatic heterocycles. The highest BCUT2D eigenvalue weighted by Gasteiger charge is 2.17. The fourth-order valence-electron chi connectivity index (χ4n) is 3.29. The lowest BCUT2D eigenvalue weighted by atomic mass is 10.1. The number of sulfonamides is 1. The number of anilines is 1. The second kappa shape index (κ2) is 8.48.